The molecule has 0 radical (unpaired) electrons. The summed E-state index contributed by atoms with van der Waals surface area (Å²) in [6, 6.07) is 12.6. The zero-order valence-electron chi connectivity index (χ0n) is 28.9. The third-order valence-electron chi connectivity index (χ3n) is 9.32. The van der Waals surface area contributed by atoms with Gasteiger partial charge in [-0.15, -0.1) is 0 Å². The van der Waals surface area contributed by atoms with Gasteiger partial charge in [-0.25, -0.2) is 4.58 Å². The molecule has 2 aliphatic heterocycles. The number of benzene rings is 2. The van der Waals surface area contributed by atoms with Crippen molar-refractivity contribution in [3.05, 3.63) is 104 Å². The second-order valence-electron chi connectivity index (χ2n) is 13.3. The van der Waals surface area contributed by atoms with Crippen molar-refractivity contribution in [2.45, 2.75) is 70.7 Å². The SMILES string of the molecule is CCN1C(=CC=C2CCC(=C/C=C3/N(CC)c4ccc(Cl)cc4C3(C)C)C2=[N+](C)C)C(C)(C)c2cc(Cl)ccc21.O=S(=O)(O[O-])C(F)(F)F. The van der Waals surface area contributed by atoms with Crippen LogP contribution in [0.5, 0.6) is 0 Å². The molecule has 5 rings (SSSR count). The van der Waals surface area contributed by atoms with Crippen molar-refractivity contribution in [1.29, 1.82) is 0 Å². The minimum absolute atomic E-state index is 0.108. The Kier molecular flexibility index (Phi) is 11.3. The van der Waals surface area contributed by atoms with E-state index in [9.17, 15) is 21.6 Å². The van der Waals surface area contributed by atoms with E-state index in [1.54, 1.807) is 0 Å². The topological polar surface area (TPSA) is 75.9 Å². The van der Waals surface area contributed by atoms with Crippen molar-refractivity contribution in [2.75, 3.05) is 37.0 Å². The van der Waals surface area contributed by atoms with Gasteiger partial charge < -0.3 is 19.4 Å². The summed E-state index contributed by atoms with van der Waals surface area (Å²) in [6.07, 6.45) is 11.5. The van der Waals surface area contributed by atoms with E-state index in [1.807, 2.05) is 16.5 Å². The molecule has 2 aromatic rings. The molecule has 0 aromatic heterocycles. The third-order valence-corrected chi connectivity index (χ3v) is 10.5. The molecule has 2 aromatic carbocycles. The van der Waals surface area contributed by atoms with Crippen molar-refractivity contribution in [2.24, 2.45) is 0 Å². The highest BCUT2D eigenvalue weighted by Gasteiger charge is 2.45. The standard InChI is InChI=1S/C35H42Cl2N3.CHF3O4S/c1-9-39-29-17-15-25(36)21-27(29)34(3,4)31(39)19-13-23-11-12-24(33(23)38(7)8)14-20-32-35(5,6)28-22-26(37)16-18-30(28)40(32)10-2;2-1(3,4)9(6,7)8-5/h13-22H,9-12H2,1-8H3;5H/q+1;/p-1. The van der Waals surface area contributed by atoms with Crippen LogP contribution < -0.4 is 15.1 Å². The lowest BCUT2D eigenvalue weighted by Crippen LogP contribution is -2.29. The summed E-state index contributed by atoms with van der Waals surface area (Å²) in [5.74, 6) is 0. The van der Waals surface area contributed by atoms with Gasteiger partial charge in [0.05, 0.1) is 0 Å². The summed E-state index contributed by atoms with van der Waals surface area (Å²) in [5, 5.41) is 10.4. The Hall–Kier alpha value is -3.09. The quantitative estimate of drug-likeness (QED) is 0.133. The monoisotopic (exact) mass is 739 g/mol. The van der Waals surface area contributed by atoms with Crippen LogP contribution in [0, 0.1) is 0 Å². The summed E-state index contributed by atoms with van der Waals surface area (Å²) in [4.78, 5) is 4.86. The van der Waals surface area contributed by atoms with Crippen molar-refractivity contribution in [3.8, 4) is 0 Å². The van der Waals surface area contributed by atoms with Gasteiger partial charge in [0.15, 0.2) is 0 Å². The number of likely N-dealkylation sites (N-methyl/N-ethyl adjacent to an activating group) is 2. The highest BCUT2D eigenvalue weighted by molar-refractivity contribution is 7.87. The van der Waals surface area contributed by atoms with E-state index in [4.69, 9.17) is 28.5 Å². The Morgan fingerprint density at radius 2 is 1.20 bits per heavy atom. The van der Waals surface area contributed by atoms with Crippen LogP contribution in [0.4, 0.5) is 24.5 Å². The van der Waals surface area contributed by atoms with Gasteiger partial charge in [0.25, 0.3) is 0 Å². The van der Waals surface area contributed by atoms with E-state index in [1.165, 1.54) is 50.8 Å². The first-order valence-corrected chi connectivity index (χ1v) is 18.0. The van der Waals surface area contributed by atoms with Gasteiger partial charge in [0, 0.05) is 67.9 Å². The average Bonchev–Trinajstić information content (AvgIpc) is 3.59. The Labute approximate surface area is 297 Å². The normalized spacial score (nSPS) is 21.5. The largest absolute Gasteiger partial charge is 0.707 e. The van der Waals surface area contributed by atoms with Gasteiger partial charge in [0.2, 0.25) is 5.71 Å². The fraction of sp³-hybridized carbons (Fsp3) is 0.417. The van der Waals surface area contributed by atoms with E-state index >= 15 is 0 Å². The molecule has 3 aliphatic rings. The molecule has 0 atom stereocenters. The van der Waals surface area contributed by atoms with E-state index < -0.39 is 15.6 Å². The van der Waals surface area contributed by atoms with E-state index in [0.717, 1.165) is 36.0 Å². The molecule has 0 bridgehead atoms. The maximum Gasteiger partial charge on any atom is 0.522 e. The molecule has 13 heteroatoms. The van der Waals surface area contributed by atoms with E-state index in [-0.39, 0.29) is 10.8 Å². The highest BCUT2D eigenvalue weighted by atomic mass is 35.5. The van der Waals surface area contributed by atoms with Gasteiger partial charge in [-0.1, -0.05) is 63.0 Å². The lowest BCUT2D eigenvalue weighted by Gasteiger charge is -2.26. The van der Waals surface area contributed by atoms with Crippen LogP contribution in [0.3, 0.4) is 0 Å². The summed E-state index contributed by atoms with van der Waals surface area (Å²) in [7, 11) is -1.57. The van der Waals surface area contributed by atoms with E-state index in [0.29, 0.717) is 0 Å². The minimum atomic E-state index is -5.89. The summed E-state index contributed by atoms with van der Waals surface area (Å²) in [6.45, 7) is 15.5. The van der Waals surface area contributed by atoms with Crippen LogP contribution in [-0.4, -0.2) is 51.4 Å². The fourth-order valence-corrected chi connectivity index (χ4v) is 7.41. The predicted octanol–water partition coefficient (Wildman–Crippen LogP) is 8.18. The summed E-state index contributed by atoms with van der Waals surface area (Å²) in [5.41, 5.74) is 6.02. The zero-order valence-corrected chi connectivity index (χ0v) is 31.2. The van der Waals surface area contributed by atoms with Crippen LogP contribution in [-0.2, 0) is 25.3 Å². The molecule has 0 saturated heterocycles. The van der Waals surface area contributed by atoms with Crippen LogP contribution >= 0.6 is 23.2 Å². The maximum absolute atomic E-state index is 10.9. The van der Waals surface area contributed by atoms with Crippen molar-refractivity contribution in [3.63, 3.8) is 0 Å². The van der Waals surface area contributed by atoms with Crippen LogP contribution in [0.25, 0.3) is 0 Å². The number of hydrogen-bond acceptors (Lipinski definition) is 6. The number of alkyl halides is 3. The number of anilines is 2. The minimum Gasteiger partial charge on any atom is -0.707 e. The molecular formula is C36H42Cl2F3N3O4S. The Bertz CT molecular complexity index is 1780. The molecule has 0 amide bonds. The smallest absolute Gasteiger partial charge is 0.522 e. The zero-order chi connectivity index (χ0) is 36.7. The van der Waals surface area contributed by atoms with E-state index in [2.05, 4.69) is 119 Å². The third kappa shape index (κ3) is 7.37. The number of fused-ring (bicyclic) bond motifs is 2. The Morgan fingerprint density at radius 1 is 0.816 bits per heavy atom. The number of halogens is 5. The molecule has 7 nitrogen and oxygen atoms in total. The lowest BCUT2D eigenvalue weighted by molar-refractivity contribution is -0.636. The average molecular weight is 741 g/mol. The molecule has 2 heterocycles. The molecule has 0 unspecified atom stereocenters. The molecule has 266 valence electrons. The van der Waals surface area contributed by atoms with Gasteiger partial charge in [-0.2, -0.15) is 21.6 Å². The molecule has 1 saturated carbocycles. The highest BCUT2D eigenvalue weighted by Crippen LogP contribution is 2.50. The van der Waals surface area contributed by atoms with Crippen molar-refractivity contribution in [1.82, 2.24) is 0 Å². The van der Waals surface area contributed by atoms with Crippen LogP contribution in [0.1, 0.15) is 65.5 Å². The number of allylic oxidation sites excluding steroid dienone is 8. The second kappa shape index (κ2) is 14.3. The first kappa shape index (κ1) is 38.7. The Balaban J connectivity index is 0.000000529. The summed E-state index contributed by atoms with van der Waals surface area (Å²) < 4.78 is 55.7. The molecule has 49 heavy (non-hydrogen) atoms. The molecule has 0 N–H and O–H groups in total. The van der Waals surface area contributed by atoms with Crippen LogP contribution in [0.15, 0.2) is 83.2 Å². The first-order chi connectivity index (χ1) is 22.7. The van der Waals surface area contributed by atoms with Gasteiger partial charge in [-0.05, 0) is 86.4 Å². The number of nitrogens with zero attached hydrogens (tertiary/aromatic N) is 3. The number of rotatable bonds is 5. The van der Waals surface area contributed by atoms with Crippen molar-refractivity contribution < 1.29 is 35.8 Å². The lowest BCUT2D eigenvalue weighted by atomic mass is 9.83. The molecular weight excluding hydrogens is 698 g/mol. The maximum atomic E-state index is 10.9. The molecule has 1 aliphatic carbocycles. The van der Waals surface area contributed by atoms with Gasteiger partial charge in [-0.3, -0.25) is 0 Å². The second-order valence-corrected chi connectivity index (χ2v) is 15.6. The van der Waals surface area contributed by atoms with Gasteiger partial charge >= 0.3 is 15.6 Å². The number of hydrogen-bond donors (Lipinski definition) is 0. The fourth-order valence-electron chi connectivity index (χ4n) is 6.99. The van der Waals surface area contributed by atoms with Crippen LogP contribution in [0.2, 0.25) is 10.0 Å². The summed E-state index contributed by atoms with van der Waals surface area (Å²) >= 11 is 12.8. The molecule has 0 spiro atoms. The first-order valence-electron chi connectivity index (χ1n) is 15.9. The van der Waals surface area contributed by atoms with Crippen molar-refractivity contribution >= 4 is 50.4 Å². The Morgan fingerprint density at radius 3 is 1.49 bits per heavy atom. The van der Waals surface area contributed by atoms with Gasteiger partial charge in [0.1, 0.15) is 14.1 Å². The predicted molar refractivity (Wildman–Crippen MR) is 190 cm³/mol. The molecule has 1 fully saturated rings.